The first-order valence-electron chi connectivity index (χ1n) is 4.09. The predicted molar refractivity (Wildman–Crippen MR) is 48.7 cm³/mol. The van der Waals surface area contributed by atoms with Crippen molar-refractivity contribution in [3.8, 4) is 0 Å². The number of nitrogens with zero attached hydrogens (tertiary/aromatic N) is 1. The first-order chi connectivity index (χ1) is 5.29. The van der Waals surface area contributed by atoms with Crippen molar-refractivity contribution in [2.24, 2.45) is 0 Å². The van der Waals surface area contributed by atoms with Crippen LogP contribution in [0.25, 0.3) is 0 Å². The van der Waals surface area contributed by atoms with Crippen molar-refractivity contribution in [3.63, 3.8) is 0 Å². The SMILES string of the molecule is CCCN(CC)[SiH](OC)OC. The molecule has 0 unspecified atom stereocenters. The van der Waals surface area contributed by atoms with E-state index in [1.807, 2.05) is 0 Å². The highest BCUT2D eigenvalue weighted by molar-refractivity contribution is 6.40. The van der Waals surface area contributed by atoms with Crippen LogP contribution in [0.4, 0.5) is 0 Å². The second-order valence-electron chi connectivity index (χ2n) is 2.41. The Morgan fingerprint density at radius 3 is 2.00 bits per heavy atom. The van der Waals surface area contributed by atoms with E-state index in [4.69, 9.17) is 8.85 Å². The van der Waals surface area contributed by atoms with Gasteiger partial charge in [0.15, 0.2) is 0 Å². The Bertz CT molecular complexity index is 88.5. The van der Waals surface area contributed by atoms with Crippen LogP contribution in [0.15, 0.2) is 0 Å². The van der Waals surface area contributed by atoms with Crippen LogP contribution in [0, 0.1) is 0 Å². The Balaban J connectivity index is 3.76. The van der Waals surface area contributed by atoms with Gasteiger partial charge in [-0.2, -0.15) is 0 Å². The van der Waals surface area contributed by atoms with Crippen molar-refractivity contribution < 1.29 is 8.85 Å². The van der Waals surface area contributed by atoms with Gasteiger partial charge in [0.25, 0.3) is 0 Å². The monoisotopic (exact) mass is 177 g/mol. The third-order valence-electron chi connectivity index (χ3n) is 1.62. The highest BCUT2D eigenvalue weighted by atomic mass is 28.3. The van der Waals surface area contributed by atoms with Crippen LogP contribution in [0.3, 0.4) is 0 Å². The molecule has 0 amide bonds. The molecule has 0 saturated carbocycles. The van der Waals surface area contributed by atoms with Gasteiger partial charge in [-0.15, -0.1) is 0 Å². The molecule has 0 atom stereocenters. The molecule has 3 nitrogen and oxygen atoms in total. The molecule has 0 N–H and O–H groups in total. The van der Waals surface area contributed by atoms with Gasteiger partial charge >= 0.3 is 9.45 Å². The van der Waals surface area contributed by atoms with E-state index < -0.39 is 9.45 Å². The number of hydrogen-bond donors (Lipinski definition) is 0. The molecule has 0 aliphatic heterocycles. The summed E-state index contributed by atoms with van der Waals surface area (Å²) in [7, 11) is 1.95. The van der Waals surface area contributed by atoms with E-state index in [1.165, 1.54) is 0 Å². The molecular weight excluding hydrogens is 158 g/mol. The van der Waals surface area contributed by atoms with Gasteiger partial charge in [0.2, 0.25) is 0 Å². The minimum Gasteiger partial charge on any atom is -0.388 e. The van der Waals surface area contributed by atoms with E-state index in [-0.39, 0.29) is 0 Å². The van der Waals surface area contributed by atoms with Gasteiger partial charge in [0, 0.05) is 14.2 Å². The lowest BCUT2D eigenvalue weighted by Gasteiger charge is -2.25. The van der Waals surface area contributed by atoms with E-state index in [0.29, 0.717) is 0 Å². The summed E-state index contributed by atoms with van der Waals surface area (Å²) in [6.45, 7) is 6.40. The Morgan fingerprint density at radius 2 is 1.73 bits per heavy atom. The molecule has 68 valence electrons. The average Bonchev–Trinajstić information content (AvgIpc) is 2.05. The lowest BCUT2D eigenvalue weighted by molar-refractivity contribution is 0.202. The molecule has 0 aromatic rings. The normalized spacial score (nSPS) is 11.5. The Kier molecular flexibility index (Phi) is 6.85. The molecule has 0 aliphatic rings. The molecule has 0 fully saturated rings. The third-order valence-corrected chi connectivity index (χ3v) is 3.64. The van der Waals surface area contributed by atoms with Crippen molar-refractivity contribution in [1.29, 1.82) is 0 Å². The van der Waals surface area contributed by atoms with Gasteiger partial charge in [-0.25, -0.2) is 0 Å². The summed E-state index contributed by atoms with van der Waals surface area (Å²) < 4.78 is 12.8. The Morgan fingerprint density at radius 1 is 1.18 bits per heavy atom. The lowest BCUT2D eigenvalue weighted by atomic mass is 10.5. The molecule has 0 aromatic heterocycles. The van der Waals surface area contributed by atoms with Crippen LogP contribution in [0.1, 0.15) is 20.3 Å². The molecule has 4 heteroatoms. The van der Waals surface area contributed by atoms with Crippen LogP contribution in [0.5, 0.6) is 0 Å². The van der Waals surface area contributed by atoms with Crippen LogP contribution >= 0.6 is 0 Å². The molecule has 0 saturated heterocycles. The minimum absolute atomic E-state index is 1.02. The molecule has 0 aliphatic carbocycles. The van der Waals surface area contributed by atoms with Crippen LogP contribution in [0.2, 0.25) is 0 Å². The highest BCUT2D eigenvalue weighted by Gasteiger charge is 2.17. The maximum Gasteiger partial charge on any atom is 0.410 e. The Labute approximate surface area is 71.2 Å². The first-order valence-corrected chi connectivity index (χ1v) is 5.55. The average molecular weight is 177 g/mol. The highest BCUT2D eigenvalue weighted by Crippen LogP contribution is 1.97. The van der Waals surface area contributed by atoms with Gasteiger partial charge in [0.05, 0.1) is 0 Å². The van der Waals surface area contributed by atoms with E-state index in [9.17, 15) is 0 Å². The topological polar surface area (TPSA) is 21.7 Å². The maximum atomic E-state index is 5.25. The van der Waals surface area contributed by atoms with Crippen molar-refractivity contribution in [2.75, 3.05) is 27.3 Å². The van der Waals surface area contributed by atoms with Crippen molar-refractivity contribution in [2.45, 2.75) is 20.3 Å². The fourth-order valence-electron chi connectivity index (χ4n) is 1.09. The smallest absolute Gasteiger partial charge is 0.388 e. The largest absolute Gasteiger partial charge is 0.410 e. The van der Waals surface area contributed by atoms with Gasteiger partial charge in [0.1, 0.15) is 0 Å². The predicted octanol–water partition coefficient (Wildman–Crippen LogP) is 0.728. The van der Waals surface area contributed by atoms with Gasteiger partial charge in [-0.1, -0.05) is 13.8 Å². The summed E-state index contributed by atoms with van der Waals surface area (Å²) in [5.41, 5.74) is 0. The quantitative estimate of drug-likeness (QED) is 0.558. The lowest BCUT2D eigenvalue weighted by Crippen LogP contribution is -2.43. The Hall–Kier alpha value is 0.0969. The molecule has 0 rings (SSSR count). The third kappa shape index (κ3) is 3.86. The van der Waals surface area contributed by atoms with Gasteiger partial charge in [-0.05, 0) is 19.5 Å². The van der Waals surface area contributed by atoms with Gasteiger partial charge < -0.3 is 8.85 Å². The second-order valence-corrected chi connectivity index (χ2v) is 4.69. The van der Waals surface area contributed by atoms with Gasteiger partial charge in [-0.3, -0.25) is 4.57 Å². The summed E-state index contributed by atoms with van der Waals surface area (Å²) >= 11 is 0. The zero-order valence-electron chi connectivity index (χ0n) is 7.96. The van der Waals surface area contributed by atoms with E-state index in [1.54, 1.807) is 14.2 Å². The second kappa shape index (κ2) is 6.79. The maximum absolute atomic E-state index is 5.25. The van der Waals surface area contributed by atoms with Crippen LogP contribution < -0.4 is 0 Å². The van der Waals surface area contributed by atoms with Crippen LogP contribution in [-0.4, -0.2) is 41.3 Å². The molecule has 11 heavy (non-hydrogen) atoms. The van der Waals surface area contributed by atoms with Crippen molar-refractivity contribution >= 4 is 9.45 Å². The summed E-state index contributed by atoms with van der Waals surface area (Å²) in [6.07, 6.45) is 1.16. The molecule has 0 heterocycles. The van der Waals surface area contributed by atoms with Crippen molar-refractivity contribution in [3.05, 3.63) is 0 Å². The standard InChI is InChI=1S/C7H19NO2Si/c1-5-7-8(6-2)11(9-3)10-4/h11H,5-7H2,1-4H3. The molecule has 0 bridgehead atoms. The minimum atomic E-state index is -1.49. The summed E-state index contributed by atoms with van der Waals surface area (Å²) in [5, 5.41) is 0. The molecular formula is C7H19NO2Si. The van der Waals surface area contributed by atoms with Crippen LogP contribution in [-0.2, 0) is 8.85 Å². The fourth-order valence-corrected chi connectivity index (χ4v) is 2.65. The van der Waals surface area contributed by atoms with E-state index in [2.05, 4.69) is 18.4 Å². The van der Waals surface area contributed by atoms with E-state index >= 15 is 0 Å². The molecule has 0 radical (unpaired) electrons. The first kappa shape index (κ1) is 11.1. The zero-order valence-corrected chi connectivity index (χ0v) is 9.12. The number of hydrogen-bond acceptors (Lipinski definition) is 3. The molecule has 0 spiro atoms. The number of rotatable bonds is 6. The fraction of sp³-hybridized carbons (Fsp3) is 1.00. The summed E-state index contributed by atoms with van der Waals surface area (Å²) in [4.78, 5) is 0. The zero-order chi connectivity index (χ0) is 8.69. The summed E-state index contributed by atoms with van der Waals surface area (Å²) in [5.74, 6) is 0. The summed E-state index contributed by atoms with van der Waals surface area (Å²) in [6, 6.07) is 0. The van der Waals surface area contributed by atoms with Crippen molar-refractivity contribution in [1.82, 2.24) is 4.57 Å². The van der Waals surface area contributed by atoms with E-state index in [0.717, 1.165) is 19.5 Å². The molecule has 0 aromatic carbocycles.